The highest BCUT2D eigenvalue weighted by Gasteiger charge is 2.31. The number of anilines is 1. The van der Waals surface area contributed by atoms with Gasteiger partial charge >= 0.3 is 0 Å². The van der Waals surface area contributed by atoms with Crippen LogP contribution >= 0.6 is 0 Å². The summed E-state index contributed by atoms with van der Waals surface area (Å²) in [5, 5.41) is 0. The molecule has 1 aliphatic heterocycles. The third-order valence-corrected chi connectivity index (χ3v) is 4.90. The summed E-state index contributed by atoms with van der Waals surface area (Å²) in [6.07, 6.45) is 0. The molecular formula is C21H27N3O2. The summed E-state index contributed by atoms with van der Waals surface area (Å²) in [5.74, 6) is 1.02. The van der Waals surface area contributed by atoms with Crippen LogP contribution in [0.4, 0.5) is 5.69 Å². The standard InChI is InChI=1S/C21H27N3O2/c1-22(2)21(25)20(17-9-5-4-6-10-17)24-15-13-23(14-16-24)18-11-7-8-12-19(18)26-3/h4-12,20H,13-16H2,1-3H3/t20-/m1/s1. The molecule has 2 aromatic rings. The van der Waals surface area contributed by atoms with Gasteiger partial charge in [0.05, 0.1) is 12.8 Å². The predicted octanol–water partition coefficient (Wildman–Crippen LogP) is 2.65. The Balaban J connectivity index is 1.77. The number of piperazine rings is 1. The summed E-state index contributed by atoms with van der Waals surface area (Å²) in [4.78, 5) is 19.1. The summed E-state index contributed by atoms with van der Waals surface area (Å²) in [7, 11) is 5.35. The molecule has 1 fully saturated rings. The molecule has 138 valence electrons. The van der Waals surface area contributed by atoms with Crippen LogP contribution in [0.15, 0.2) is 54.6 Å². The van der Waals surface area contributed by atoms with E-state index < -0.39 is 0 Å². The molecule has 1 atom stereocenters. The van der Waals surface area contributed by atoms with Crippen molar-refractivity contribution in [2.24, 2.45) is 0 Å². The molecule has 0 aromatic heterocycles. The third-order valence-electron chi connectivity index (χ3n) is 4.90. The Hall–Kier alpha value is -2.53. The molecule has 1 saturated heterocycles. The van der Waals surface area contributed by atoms with Gasteiger partial charge in [0.15, 0.2) is 0 Å². The number of likely N-dealkylation sites (N-methyl/N-ethyl adjacent to an activating group) is 1. The Kier molecular flexibility index (Phi) is 5.78. The molecule has 0 spiro atoms. The average molecular weight is 353 g/mol. The number of carbonyl (C=O) groups is 1. The lowest BCUT2D eigenvalue weighted by atomic mass is 10.0. The molecule has 1 amide bonds. The van der Waals surface area contributed by atoms with Gasteiger partial charge in [0.25, 0.3) is 0 Å². The molecule has 26 heavy (non-hydrogen) atoms. The smallest absolute Gasteiger partial charge is 0.244 e. The summed E-state index contributed by atoms with van der Waals surface area (Å²) in [5.41, 5.74) is 2.17. The summed E-state index contributed by atoms with van der Waals surface area (Å²) < 4.78 is 5.50. The Labute approximate surface area is 155 Å². The summed E-state index contributed by atoms with van der Waals surface area (Å²) in [6.45, 7) is 3.39. The van der Waals surface area contributed by atoms with Gasteiger partial charge < -0.3 is 14.5 Å². The Bertz CT molecular complexity index is 725. The number of benzene rings is 2. The van der Waals surface area contributed by atoms with Crippen molar-refractivity contribution in [1.29, 1.82) is 0 Å². The van der Waals surface area contributed by atoms with Crippen LogP contribution in [0.3, 0.4) is 0 Å². The monoisotopic (exact) mass is 353 g/mol. The van der Waals surface area contributed by atoms with E-state index in [1.807, 2.05) is 62.6 Å². The number of carbonyl (C=O) groups excluding carboxylic acids is 1. The summed E-state index contributed by atoms with van der Waals surface area (Å²) in [6, 6.07) is 17.9. The first-order valence-corrected chi connectivity index (χ1v) is 9.00. The van der Waals surface area contributed by atoms with Crippen LogP contribution in [-0.4, -0.2) is 63.1 Å². The molecule has 0 saturated carbocycles. The lowest BCUT2D eigenvalue weighted by Crippen LogP contribution is -2.51. The SMILES string of the molecule is COc1ccccc1N1CCN([C@@H](C(=O)N(C)C)c2ccccc2)CC1. The lowest BCUT2D eigenvalue weighted by Gasteiger charge is -2.40. The van der Waals surface area contributed by atoms with Crippen LogP contribution < -0.4 is 9.64 Å². The second-order valence-electron chi connectivity index (χ2n) is 6.74. The zero-order valence-electron chi connectivity index (χ0n) is 15.8. The first kappa shape index (κ1) is 18.3. The topological polar surface area (TPSA) is 36.0 Å². The van der Waals surface area contributed by atoms with E-state index >= 15 is 0 Å². The second kappa shape index (κ2) is 8.23. The molecule has 3 rings (SSSR count). The second-order valence-corrected chi connectivity index (χ2v) is 6.74. The van der Waals surface area contributed by atoms with E-state index in [9.17, 15) is 4.79 Å². The zero-order valence-corrected chi connectivity index (χ0v) is 15.8. The highest BCUT2D eigenvalue weighted by atomic mass is 16.5. The van der Waals surface area contributed by atoms with Crippen LogP contribution in [0.1, 0.15) is 11.6 Å². The number of ether oxygens (including phenoxy) is 1. The highest BCUT2D eigenvalue weighted by Crippen LogP contribution is 2.30. The van der Waals surface area contributed by atoms with E-state index in [1.165, 1.54) is 0 Å². The number of para-hydroxylation sites is 2. The molecule has 5 nitrogen and oxygen atoms in total. The van der Waals surface area contributed by atoms with Crippen LogP contribution in [0, 0.1) is 0 Å². The van der Waals surface area contributed by atoms with Crippen molar-refractivity contribution in [3.63, 3.8) is 0 Å². The van der Waals surface area contributed by atoms with E-state index in [0.29, 0.717) is 0 Å². The number of methoxy groups -OCH3 is 1. The predicted molar refractivity (Wildman–Crippen MR) is 105 cm³/mol. The van der Waals surface area contributed by atoms with Crippen molar-refractivity contribution in [1.82, 2.24) is 9.80 Å². The van der Waals surface area contributed by atoms with Gasteiger partial charge in [-0.15, -0.1) is 0 Å². The quantitative estimate of drug-likeness (QED) is 0.828. The first-order chi connectivity index (χ1) is 12.6. The molecule has 0 radical (unpaired) electrons. The molecule has 0 bridgehead atoms. The Morgan fingerprint density at radius 3 is 2.19 bits per heavy atom. The molecule has 0 unspecified atom stereocenters. The number of hydrogen-bond acceptors (Lipinski definition) is 4. The van der Waals surface area contributed by atoms with E-state index in [4.69, 9.17) is 4.74 Å². The minimum atomic E-state index is -0.231. The first-order valence-electron chi connectivity index (χ1n) is 9.00. The van der Waals surface area contributed by atoms with Crippen molar-refractivity contribution < 1.29 is 9.53 Å². The van der Waals surface area contributed by atoms with Gasteiger partial charge in [0.2, 0.25) is 5.91 Å². The van der Waals surface area contributed by atoms with E-state index in [0.717, 1.165) is 43.2 Å². The van der Waals surface area contributed by atoms with Gasteiger partial charge in [-0.25, -0.2) is 0 Å². The zero-order chi connectivity index (χ0) is 18.5. The van der Waals surface area contributed by atoms with Gasteiger partial charge in [0, 0.05) is 40.3 Å². The van der Waals surface area contributed by atoms with Gasteiger partial charge in [-0.05, 0) is 17.7 Å². The van der Waals surface area contributed by atoms with E-state index in [-0.39, 0.29) is 11.9 Å². The average Bonchev–Trinajstić information content (AvgIpc) is 2.69. The van der Waals surface area contributed by atoms with Crippen LogP contribution in [-0.2, 0) is 4.79 Å². The van der Waals surface area contributed by atoms with Crippen molar-refractivity contribution in [3.05, 3.63) is 60.2 Å². The highest BCUT2D eigenvalue weighted by molar-refractivity contribution is 5.83. The number of rotatable bonds is 5. The fourth-order valence-corrected chi connectivity index (χ4v) is 3.50. The maximum Gasteiger partial charge on any atom is 0.244 e. The van der Waals surface area contributed by atoms with Crippen molar-refractivity contribution in [3.8, 4) is 5.75 Å². The van der Waals surface area contributed by atoms with Crippen LogP contribution in [0.2, 0.25) is 0 Å². The number of amides is 1. The van der Waals surface area contributed by atoms with Crippen molar-refractivity contribution in [2.75, 3.05) is 52.3 Å². The van der Waals surface area contributed by atoms with Gasteiger partial charge in [-0.3, -0.25) is 9.69 Å². The minimum absolute atomic E-state index is 0.127. The molecular weight excluding hydrogens is 326 g/mol. The molecule has 0 aliphatic carbocycles. The van der Waals surface area contributed by atoms with E-state index in [2.05, 4.69) is 15.9 Å². The minimum Gasteiger partial charge on any atom is -0.495 e. The van der Waals surface area contributed by atoms with Gasteiger partial charge in [-0.2, -0.15) is 0 Å². The van der Waals surface area contributed by atoms with Gasteiger partial charge in [-0.1, -0.05) is 42.5 Å². The molecule has 1 heterocycles. The fourth-order valence-electron chi connectivity index (χ4n) is 3.50. The lowest BCUT2D eigenvalue weighted by molar-refractivity contribution is -0.134. The van der Waals surface area contributed by atoms with Crippen LogP contribution in [0.25, 0.3) is 0 Å². The Morgan fingerprint density at radius 1 is 0.962 bits per heavy atom. The molecule has 5 heteroatoms. The Morgan fingerprint density at radius 2 is 1.58 bits per heavy atom. The maximum atomic E-state index is 12.8. The van der Waals surface area contributed by atoms with Crippen molar-refractivity contribution >= 4 is 11.6 Å². The van der Waals surface area contributed by atoms with Gasteiger partial charge in [0.1, 0.15) is 11.8 Å². The fraction of sp³-hybridized carbons (Fsp3) is 0.381. The normalized spacial score (nSPS) is 16.2. The van der Waals surface area contributed by atoms with E-state index in [1.54, 1.807) is 12.0 Å². The molecule has 0 N–H and O–H groups in total. The van der Waals surface area contributed by atoms with Crippen LogP contribution in [0.5, 0.6) is 5.75 Å². The maximum absolute atomic E-state index is 12.8. The molecule has 2 aromatic carbocycles. The van der Waals surface area contributed by atoms with Crippen molar-refractivity contribution in [2.45, 2.75) is 6.04 Å². The third kappa shape index (κ3) is 3.83. The molecule has 1 aliphatic rings. The number of hydrogen-bond donors (Lipinski definition) is 0. The summed E-state index contributed by atoms with van der Waals surface area (Å²) >= 11 is 0. The largest absolute Gasteiger partial charge is 0.495 e. The number of nitrogens with zero attached hydrogens (tertiary/aromatic N) is 3.